The standard InChI is InChI=1S/C14H21N3O2/c1-19-10-11-3-2-6-17(9-11)14(18)7-13-5-4-12(15)8-16-13/h4-5,8,11H,2-3,6-7,9-10,15H2,1H3. The minimum absolute atomic E-state index is 0.137. The van der Waals surface area contributed by atoms with Crippen LogP contribution in [0.1, 0.15) is 18.5 Å². The van der Waals surface area contributed by atoms with Gasteiger partial charge in [-0.3, -0.25) is 9.78 Å². The zero-order valence-corrected chi connectivity index (χ0v) is 11.3. The summed E-state index contributed by atoms with van der Waals surface area (Å²) in [6.45, 7) is 2.36. The number of pyridine rings is 1. The van der Waals surface area contributed by atoms with Crippen LogP contribution in [0.2, 0.25) is 0 Å². The van der Waals surface area contributed by atoms with Crippen molar-refractivity contribution in [1.82, 2.24) is 9.88 Å². The van der Waals surface area contributed by atoms with Crippen molar-refractivity contribution in [3.8, 4) is 0 Å². The maximum atomic E-state index is 12.2. The average molecular weight is 263 g/mol. The second-order valence-corrected chi connectivity index (χ2v) is 5.06. The monoisotopic (exact) mass is 263 g/mol. The number of nitrogens with zero attached hydrogens (tertiary/aromatic N) is 2. The number of ether oxygens (including phenoxy) is 1. The average Bonchev–Trinajstić information content (AvgIpc) is 2.42. The smallest absolute Gasteiger partial charge is 0.228 e. The van der Waals surface area contributed by atoms with Crippen molar-refractivity contribution in [2.45, 2.75) is 19.3 Å². The van der Waals surface area contributed by atoms with E-state index in [9.17, 15) is 4.79 Å². The van der Waals surface area contributed by atoms with Crippen LogP contribution in [-0.4, -0.2) is 42.6 Å². The summed E-state index contributed by atoms with van der Waals surface area (Å²) < 4.78 is 5.18. The minimum Gasteiger partial charge on any atom is -0.397 e. The number of amides is 1. The Bertz CT molecular complexity index is 417. The number of carbonyl (C=O) groups is 1. The Labute approximate surface area is 113 Å². The predicted molar refractivity (Wildman–Crippen MR) is 73.5 cm³/mol. The summed E-state index contributed by atoms with van der Waals surface area (Å²) in [7, 11) is 1.71. The molecule has 1 saturated heterocycles. The van der Waals surface area contributed by atoms with E-state index in [-0.39, 0.29) is 5.91 Å². The van der Waals surface area contributed by atoms with Crippen LogP contribution in [0, 0.1) is 5.92 Å². The van der Waals surface area contributed by atoms with E-state index in [0.717, 1.165) is 38.2 Å². The molecule has 0 saturated carbocycles. The van der Waals surface area contributed by atoms with E-state index in [1.807, 2.05) is 11.0 Å². The molecule has 1 aromatic rings. The van der Waals surface area contributed by atoms with E-state index in [2.05, 4.69) is 4.98 Å². The van der Waals surface area contributed by atoms with E-state index in [1.165, 1.54) is 0 Å². The first-order valence-electron chi connectivity index (χ1n) is 6.66. The fourth-order valence-corrected chi connectivity index (χ4v) is 2.47. The maximum Gasteiger partial charge on any atom is 0.228 e. The number of hydrogen-bond donors (Lipinski definition) is 1. The number of nitrogens with two attached hydrogens (primary N) is 1. The number of anilines is 1. The first-order valence-corrected chi connectivity index (χ1v) is 6.66. The number of methoxy groups -OCH3 is 1. The van der Waals surface area contributed by atoms with Crippen molar-refractivity contribution in [3.05, 3.63) is 24.0 Å². The summed E-state index contributed by atoms with van der Waals surface area (Å²) in [5.41, 5.74) is 6.97. The number of hydrogen-bond acceptors (Lipinski definition) is 4. The lowest BCUT2D eigenvalue weighted by molar-refractivity contribution is -0.132. The van der Waals surface area contributed by atoms with Crippen molar-refractivity contribution in [2.75, 3.05) is 32.5 Å². The van der Waals surface area contributed by atoms with Gasteiger partial charge in [-0.15, -0.1) is 0 Å². The van der Waals surface area contributed by atoms with Gasteiger partial charge in [0.05, 0.1) is 24.9 Å². The number of aromatic nitrogens is 1. The van der Waals surface area contributed by atoms with Crippen LogP contribution in [-0.2, 0) is 16.0 Å². The van der Waals surface area contributed by atoms with Gasteiger partial charge in [0.2, 0.25) is 5.91 Å². The van der Waals surface area contributed by atoms with Gasteiger partial charge in [0, 0.05) is 25.9 Å². The first kappa shape index (κ1) is 13.8. The summed E-state index contributed by atoms with van der Waals surface area (Å²) in [5, 5.41) is 0. The van der Waals surface area contributed by atoms with Crippen LogP contribution in [0.3, 0.4) is 0 Å². The van der Waals surface area contributed by atoms with E-state index in [4.69, 9.17) is 10.5 Å². The highest BCUT2D eigenvalue weighted by molar-refractivity contribution is 5.78. The van der Waals surface area contributed by atoms with Crippen LogP contribution < -0.4 is 5.73 Å². The molecule has 5 heteroatoms. The fourth-order valence-electron chi connectivity index (χ4n) is 2.47. The Morgan fingerprint density at radius 2 is 2.42 bits per heavy atom. The Morgan fingerprint density at radius 3 is 3.11 bits per heavy atom. The molecule has 104 valence electrons. The van der Waals surface area contributed by atoms with Gasteiger partial charge in [-0.1, -0.05) is 0 Å². The number of rotatable bonds is 4. The fraction of sp³-hybridized carbons (Fsp3) is 0.571. The molecular formula is C14H21N3O2. The highest BCUT2D eigenvalue weighted by Crippen LogP contribution is 2.17. The molecule has 19 heavy (non-hydrogen) atoms. The van der Waals surface area contributed by atoms with E-state index < -0.39 is 0 Å². The lowest BCUT2D eigenvalue weighted by Gasteiger charge is -2.32. The van der Waals surface area contributed by atoms with Gasteiger partial charge in [0.25, 0.3) is 0 Å². The largest absolute Gasteiger partial charge is 0.397 e. The number of piperidine rings is 1. The molecule has 0 spiro atoms. The lowest BCUT2D eigenvalue weighted by Crippen LogP contribution is -2.41. The quantitative estimate of drug-likeness (QED) is 0.883. The number of nitrogen functional groups attached to an aromatic ring is 1. The molecule has 2 N–H and O–H groups in total. The van der Waals surface area contributed by atoms with E-state index in [0.29, 0.717) is 18.0 Å². The van der Waals surface area contributed by atoms with Crippen molar-refractivity contribution < 1.29 is 9.53 Å². The number of likely N-dealkylation sites (tertiary alicyclic amines) is 1. The Kier molecular flexibility index (Phi) is 4.74. The van der Waals surface area contributed by atoms with E-state index in [1.54, 1.807) is 19.4 Å². The zero-order chi connectivity index (χ0) is 13.7. The third kappa shape index (κ3) is 3.92. The van der Waals surface area contributed by atoms with Gasteiger partial charge in [-0.25, -0.2) is 0 Å². The molecule has 1 atom stereocenters. The highest BCUT2D eigenvalue weighted by Gasteiger charge is 2.23. The molecule has 1 fully saturated rings. The molecule has 0 aliphatic carbocycles. The normalized spacial score (nSPS) is 19.4. The summed E-state index contributed by atoms with van der Waals surface area (Å²) in [6.07, 6.45) is 4.12. The van der Waals surface area contributed by atoms with E-state index >= 15 is 0 Å². The van der Waals surface area contributed by atoms with Crippen LogP contribution in [0.25, 0.3) is 0 Å². The molecule has 1 amide bonds. The molecule has 5 nitrogen and oxygen atoms in total. The van der Waals surface area contributed by atoms with Crippen LogP contribution in [0.15, 0.2) is 18.3 Å². The number of carbonyl (C=O) groups excluding carboxylic acids is 1. The third-order valence-corrected chi connectivity index (χ3v) is 3.45. The van der Waals surface area contributed by atoms with Crippen molar-refractivity contribution in [2.24, 2.45) is 5.92 Å². The molecule has 1 aliphatic rings. The highest BCUT2D eigenvalue weighted by atomic mass is 16.5. The zero-order valence-electron chi connectivity index (χ0n) is 11.3. The second-order valence-electron chi connectivity index (χ2n) is 5.06. The topological polar surface area (TPSA) is 68.5 Å². The molecule has 2 rings (SSSR count). The summed E-state index contributed by atoms with van der Waals surface area (Å²) in [4.78, 5) is 18.3. The van der Waals surface area contributed by atoms with Crippen LogP contribution in [0.4, 0.5) is 5.69 Å². The molecular weight excluding hydrogens is 242 g/mol. The molecule has 0 bridgehead atoms. The molecule has 2 heterocycles. The molecule has 1 aromatic heterocycles. The summed E-state index contributed by atoms with van der Waals surface area (Å²) >= 11 is 0. The van der Waals surface area contributed by atoms with Gasteiger partial charge in [-0.05, 0) is 30.9 Å². The Hall–Kier alpha value is -1.62. The van der Waals surface area contributed by atoms with Crippen molar-refractivity contribution in [3.63, 3.8) is 0 Å². The van der Waals surface area contributed by atoms with Crippen LogP contribution in [0.5, 0.6) is 0 Å². The summed E-state index contributed by atoms with van der Waals surface area (Å²) in [5.74, 6) is 0.597. The van der Waals surface area contributed by atoms with Crippen molar-refractivity contribution in [1.29, 1.82) is 0 Å². The van der Waals surface area contributed by atoms with Gasteiger partial charge in [0.1, 0.15) is 0 Å². The van der Waals surface area contributed by atoms with Gasteiger partial charge in [0.15, 0.2) is 0 Å². The predicted octanol–water partition coefficient (Wildman–Crippen LogP) is 1.09. The third-order valence-electron chi connectivity index (χ3n) is 3.45. The molecule has 1 unspecified atom stereocenters. The van der Waals surface area contributed by atoms with Crippen molar-refractivity contribution >= 4 is 11.6 Å². The van der Waals surface area contributed by atoms with Gasteiger partial charge >= 0.3 is 0 Å². The maximum absolute atomic E-state index is 12.2. The molecule has 0 aromatic carbocycles. The SMILES string of the molecule is COCC1CCCN(C(=O)Cc2ccc(N)cn2)C1. The minimum atomic E-state index is 0.137. The molecule has 1 aliphatic heterocycles. The molecule has 0 radical (unpaired) electrons. The summed E-state index contributed by atoms with van der Waals surface area (Å²) in [6, 6.07) is 3.59. The van der Waals surface area contributed by atoms with Gasteiger partial charge in [-0.2, -0.15) is 0 Å². The van der Waals surface area contributed by atoms with Crippen LogP contribution >= 0.6 is 0 Å². The first-order chi connectivity index (χ1) is 9.19. The lowest BCUT2D eigenvalue weighted by atomic mass is 9.98. The Morgan fingerprint density at radius 1 is 1.58 bits per heavy atom. The Balaban J connectivity index is 1.90. The second kappa shape index (κ2) is 6.52. The van der Waals surface area contributed by atoms with Gasteiger partial charge < -0.3 is 15.4 Å².